The summed E-state index contributed by atoms with van der Waals surface area (Å²) in [5.74, 6) is -0.637. The van der Waals surface area contributed by atoms with Gasteiger partial charge in [0.1, 0.15) is 0 Å². The van der Waals surface area contributed by atoms with Gasteiger partial charge in [-0.3, -0.25) is 9.89 Å². The van der Waals surface area contributed by atoms with Gasteiger partial charge in [-0.15, -0.1) is 0 Å². The van der Waals surface area contributed by atoms with Crippen LogP contribution >= 0.6 is 0 Å². The van der Waals surface area contributed by atoms with Crippen molar-refractivity contribution in [3.05, 3.63) is 57.5 Å². The Morgan fingerprint density at radius 2 is 2.21 bits per heavy atom. The summed E-state index contributed by atoms with van der Waals surface area (Å²) in [5.41, 5.74) is 2.64. The molecular weight excluding hydrogens is 308 g/mol. The van der Waals surface area contributed by atoms with Crippen LogP contribution in [0, 0.1) is 18.3 Å². The highest BCUT2D eigenvalue weighted by atomic mass is 16.5. The number of rotatable bonds is 3. The third-order valence-electron chi connectivity index (χ3n) is 3.68. The second kappa shape index (κ2) is 6.01. The zero-order valence-corrected chi connectivity index (χ0v) is 13.2. The molecule has 3 aromatic rings. The largest absolute Gasteiger partial charge is 0.461 e. The van der Waals surface area contributed by atoms with Gasteiger partial charge in [0.05, 0.1) is 23.9 Å². The van der Waals surface area contributed by atoms with Crippen LogP contribution < -0.4 is 5.56 Å². The van der Waals surface area contributed by atoms with E-state index in [0.29, 0.717) is 16.9 Å². The standard InChI is InChI=1S/C17H14N4O3/c1-3-24-17(23)14-8-16(22)21-15(19-14)7-13(20-21)12-6-4-5-11(9-18)10(12)2/h4-8,20H,3H2,1-2H3. The molecule has 0 fully saturated rings. The number of nitrogens with one attached hydrogen (secondary N) is 1. The molecule has 0 aliphatic carbocycles. The Bertz CT molecular complexity index is 1040. The van der Waals surface area contributed by atoms with Crippen LogP contribution in [0.5, 0.6) is 0 Å². The molecule has 0 saturated carbocycles. The Kier molecular flexibility index (Phi) is 3.88. The number of esters is 1. The van der Waals surface area contributed by atoms with E-state index in [1.165, 1.54) is 4.52 Å². The van der Waals surface area contributed by atoms with Gasteiger partial charge in [0, 0.05) is 17.7 Å². The first kappa shape index (κ1) is 15.5. The third-order valence-corrected chi connectivity index (χ3v) is 3.68. The van der Waals surface area contributed by atoms with Crippen LogP contribution in [0.15, 0.2) is 35.1 Å². The van der Waals surface area contributed by atoms with Gasteiger partial charge < -0.3 is 4.74 Å². The topological polar surface area (TPSA) is 100 Å². The Morgan fingerprint density at radius 1 is 1.42 bits per heavy atom. The molecule has 3 rings (SSSR count). The molecule has 2 heterocycles. The number of aromatic nitrogens is 3. The number of carbonyl (C=O) groups excluding carboxylic acids is 1. The fourth-order valence-corrected chi connectivity index (χ4v) is 2.49. The maximum atomic E-state index is 12.2. The van der Waals surface area contributed by atoms with E-state index in [-0.39, 0.29) is 12.3 Å². The Hall–Kier alpha value is -3.40. The number of aromatic amines is 1. The number of hydrogen-bond acceptors (Lipinski definition) is 5. The van der Waals surface area contributed by atoms with Crippen molar-refractivity contribution in [2.24, 2.45) is 0 Å². The summed E-state index contributed by atoms with van der Waals surface area (Å²) in [5, 5.41) is 12.1. The van der Waals surface area contributed by atoms with Crippen molar-refractivity contribution in [2.45, 2.75) is 13.8 Å². The number of H-pyrrole nitrogens is 1. The van der Waals surface area contributed by atoms with Crippen LogP contribution in [-0.4, -0.2) is 27.2 Å². The van der Waals surface area contributed by atoms with Gasteiger partial charge in [0.25, 0.3) is 5.56 Å². The van der Waals surface area contributed by atoms with Crippen LogP contribution in [0.1, 0.15) is 28.5 Å². The van der Waals surface area contributed by atoms with Crippen molar-refractivity contribution in [3.8, 4) is 17.3 Å². The highest BCUT2D eigenvalue weighted by molar-refractivity contribution is 5.87. The monoisotopic (exact) mass is 322 g/mol. The Labute approximate surface area is 137 Å². The van der Waals surface area contributed by atoms with Crippen LogP contribution in [-0.2, 0) is 4.74 Å². The number of nitriles is 1. The summed E-state index contributed by atoms with van der Waals surface area (Å²) in [6.45, 7) is 3.72. The van der Waals surface area contributed by atoms with Crippen molar-refractivity contribution in [2.75, 3.05) is 6.61 Å². The zero-order chi connectivity index (χ0) is 17.3. The highest BCUT2D eigenvalue weighted by Crippen LogP contribution is 2.24. The van der Waals surface area contributed by atoms with Crippen LogP contribution in [0.3, 0.4) is 0 Å². The van der Waals surface area contributed by atoms with E-state index >= 15 is 0 Å². The minimum atomic E-state index is -0.637. The predicted octanol–water partition coefficient (Wildman–Crippen LogP) is 2.05. The molecule has 0 bridgehead atoms. The minimum Gasteiger partial charge on any atom is -0.461 e. The quantitative estimate of drug-likeness (QED) is 0.744. The lowest BCUT2D eigenvalue weighted by Gasteiger charge is -2.04. The Morgan fingerprint density at radius 3 is 2.92 bits per heavy atom. The number of ether oxygens (including phenoxy) is 1. The molecular formula is C17H14N4O3. The van der Waals surface area contributed by atoms with Gasteiger partial charge in [0.2, 0.25) is 0 Å². The van der Waals surface area contributed by atoms with Gasteiger partial charge in [0.15, 0.2) is 11.3 Å². The summed E-state index contributed by atoms with van der Waals surface area (Å²) in [6.07, 6.45) is 0. The second-order valence-corrected chi connectivity index (χ2v) is 5.15. The summed E-state index contributed by atoms with van der Waals surface area (Å²) >= 11 is 0. The highest BCUT2D eigenvalue weighted by Gasteiger charge is 2.15. The first-order chi connectivity index (χ1) is 11.5. The average molecular weight is 322 g/mol. The molecule has 0 aliphatic rings. The number of hydrogen-bond donors (Lipinski definition) is 1. The Balaban J connectivity index is 2.16. The van der Waals surface area contributed by atoms with E-state index in [2.05, 4.69) is 16.2 Å². The molecule has 0 spiro atoms. The fourth-order valence-electron chi connectivity index (χ4n) is 2.49. The molecule has 0 unspecified atom stereocenters. The second-order valence-electron chi connectivity index (χ2n) is 5.15. The molecule has 24 heavy (non-hydrogen) atoms. The van der Waals surface area contributed by atoms with E-state index < -0.39 is 11.5 Å². The molecule has 2 aromatic heterocycles. The van der Waals surface area contributed by atoms with Crippen LogP contribution in [0.4, 0.5) is 0 Å². The van der Waals surface area contributed by atoms with Crippen molar-refractivity contribution in [1.29, 1.82) is 5.26 Å². The maximum Gasteiger partial charge on any atom is 0.357 e. The van der Waals surface area contributed by atoms with E-state index in [9.17, 15) is 9.59 Å². The average Bonchev–Trinajstić information content (AvgIpc) is 2.99. The lowest BCUT2D eigenvalue weighted by atomic mass is 10.0. The minimum absolute atomic E-state index is 0.0325. The van der Waals surface area contributed by atoms with Crippen LogP contribution in [0.2, 0.25) is 0 Å². The first-order valence-electron chi connectivity index (χ1n) is 7.35. The van der Waals surface area contributed by atoms with Gasteiger partial charge >= 0.3 is 5.97 Å². The summed E-state index contributed by atoms with van der Waals surface area (Å²) in [7, 11) is 0. The molecule has 7 nitrogen and oxygen atoms in total. The summed E-state index contributed by atoms with van der Waals surface area (Å²) < 4.78 is 6.12. The maximum absolute atomic E-state index is 12.2. The summed E-state index contributed by atoms with van der Waals surface area (Å²) in [4.78, 5) is 28.1. The van der Waals surface area contributed by atoms with Crippen LogP contribution in [0.25, 0.3) is 16.9 Å². The third kappa shape index (κ3) is 2.54. The van der Waals surface area contributed by atoms with Crippen molar-refractivity contribution >= 4 is 11.6 Å². The lowest BCUT2D eigenvalue weighted by Crippen LogP contribution is -2.18. The summed E-state index contributed by atoms with van der Waals surface area (Å²) in [6, 6.07) is 10.3. The van der Waals surface area contributed by atoms with Crippen molar-refractivity contribution < 1.29 is 9.53 Å². The number of fused-ring (bicyclic) bond motifs is 1. The number of benzene rings is 1. The SMILES string of the molecule is CCOC(=O)c1cc(=O)n2[nH]c(-c3cccc(C#N)c3C)cc2n1. The predicted molar refractivity (Wildman–Crippen MR) is 86.7 cm³/mol. The molecule has 120 valence electrons. The molecule has 0 saturated heterocycles. The number of nitrogens with zero attached hydrogens (tertiary/aromatic N) is 3. The first-order valence-corrected chi connectivity index (χ1v) is 7.35. The normalized spacial score (nSPS) is 10.5. The molecule has 0 aliphatic heterocycles. The smallest absolute Gasteiger partial charge is 0.357 e. The van der Waals surface area contributed by atoms with Crippen molar-refractivity contribution in [3.63, 3.8) is 0 Å². The molecule has 0 amide bonds. The molecule has 0 atom stereocenters. The van der Waals surface area contributed by atoms with E-state index in [1.807, 2.05) is 13.0 Å². The van der Waals surface area contributed by atoms with Gasteiger partial charge in [-0.25, -0.2) is 14.3 Å². The fraction of sp³-hybridized carbons (Fsp3) is 0.176. The van der Waals surface area contributed by atoms with Gasteiger partial charge in [-0.2, -0.15) is 5.26 Å². The van der Waals surface area contributed by atoms with Crippen molar-refractivity contribution in [1.82, 2.24) is 14.6 Å². The zero-order valence-electron chi connectivity index (χ0n) is 13.2. The number of carbonyl (C=O) groups is 1. The van der Waals surface area contributed by atoms with E-state index in [4.69, 9.17) is 10.00 Å². The lowest BCUT2D eigenvalue weighted by molar-refractivity contribution is 0.0519. The molecule has 1 N–H and O–H groups in total. The molecule has 7 heteroatoms. The molecule has 1 aromatic carbocycles. The van der Waals surface area contributed by atoms with E-state index in [1.54, 1.807) is 25.1 Å². The van der Waals surface area contributed by atoms with E-state index in [0.717, 1.165) is 17.2 Å². The molecule has 0 radical (unpaired) electrons. The van der Waals surface area contributed by atoms with Gasteiger partial charge in [-0.05, 0) is 25.5 Å². The van der Waals surface area contributed by atoms with Gasteiger partial charge in [-0.1, -0.05) is 12.1 Å².